The van der Waals surface area contributed by atoms with E-state index in [-0.39, 0.29) is 23.1 Å². The Morgan fingerprint density at radius 2 is 1.72 bits per heavy atom. The standard InChI is InChI=1S/C42H53FN10O4/c1-26-13-36(54)53(32-18-30(17-31(43)19-32)42(24-57-25-42)45-7-8-50(2)3)37-33(26)23-44-39(48-37)46-34-5-6-35(47-38(34)56-4)51-9-11-52(12-10-51)40(55)49-41-20-27-14-28(21-41)16-29(15-27)22-41/h5-6,13,17-19,23,27-29,45H,7-12,14-16,20-22,24-25H2,1-4H3,(H,49,55)(H,44,46,48). The summed E-state index contributed by atoms with van der Waals surface area (Å²) in [6.07, 6.45) is 9.12. The Bertz CT molecular complexity index is 2200. The van der Waals surface area contributed by atoms with Gasteiger partial charge in [0.15, 0.2) is 5.65 Å². The molecule has 15 heteroatoms. The van der Waals surface area contributed by atoms with Crippen LogP contribution in [0.15, 0.2) is 47.4 Å². The van der Waals surface area contributed by atoms with E-state index >= 15 is 4.39 Å². The number of rotatable bonds is 11. The molecule has 2 aliphatic heterocycles. The van der Waals surface area contributed by atoms with Crippen molar-refractivity contribution in [1.29, 1.82) is 0 Å². The van der Waals surface area contributed by atoms with Crippen molar-refractivity contribution in [3.8, 4) is 11.6 Å². The maximum absolute atomic E-state index is 15.4. The van der Waals surface area contributed by atoms with Crippen LogP contribution in [0.5, 0.6) is 5.88 Å². The van der Waals surface area contributed by atoms with Gasteiger partial charge < -0.3 is 40.1 Å². The summed E-state index contributed by atoms with van der Waals surface area (Å²) in [6, 6.07) is 10.1. The van der Waals surface area contributed by atoms with E-state index in [4.69, 9.17) is 19.4 Å². The van der Waals surface area contributed by atoms with E-state index in [2.05, 4.69) is 30.7 Å². The van der Waals surface area contributed by atoms with Gasteiger partial charge in [0.1, 0.15) is 17.3 Å². The largest absolute Gasteiger partial charge is 0.479 e. The molecule has 2 amide bonds. The molecule has 4 aliphatic carbocycles. The molecule has 0 radical (unpaired) electrons. The van der Waals surface area contributed by atoms with Crippen molar-refractivity contribution in [2.24, 2.45) is 17.8 Å². The quantitative estimate of drug-likeness (QED) is 0.198. The van der Waals surface area contributed by atoms with Crippen LogP contribution in [0.2, 0.25) is 0 Å². The third-order valence-corrected chi connectivity index (χ3v) is 13.0. The number of urea groups is 1. The Morgan fingerprint density at radius 1 is 1.00 bits per heavy atom. The van der Waals surface area contributed by atoms with E-state index in [0.29, 0.717) is 85.4 Å². The topological polar surface area (TPSA) is 142 Å². The van der Waals surface area contributed by atoms with E-state index in [1.165, 1.54) is 42.0 Å². The summed E-state index contributed by atoms with van der Waals surface area (Å²) in [6.45, 7) is 6.66. The molecule has 4 bridgehead atoms. The molecule has 0 unspecified atom stereocenters. The van der Waals surface area contributed by atoms with Gasteiger partial charge in [-0.2, -0.15) is 9.97 Å². The number of nitrogens with zero attached hydrogens (tertiary/aromatic N) is 7. The van der Waals surface area contributed by atoms with Crippen LogP contribution in [0.3, 0.4) is 0 Å². The predicted molar refractivity (Wildman–Crippen MR) is 216 cm³/mol. The average Bonchev–Trinajstić information content (AvgIpc) is 3.15. The third-order valence-electron chi connectivity index (χ3n) is 13.0. The highest BCUT2D eigenvalue weighted by molar-refractivity contribution is 5.81. The Morgan fingerprint density at radius 3 is 2.37 bits per heavy atom. The normalized spacial score (nSPS) is 24.8. The van der Waals surface area contributed by atoms with Crippen LogP contribution in [0.25, 0.3) is 16.7 Å². The van der Waals surface area contributed by atoms with Gasteiger partial charge in [0.25, 0.3) is 5.56 Å². The van der Waals surface area contributed by atoms with Crippen molar-refractivity contribution in [2.75, 3.05) is 83.9 Å². The molecule has 0 atom stereocenters. The number of fused-ring (bicyclic) bond motifs is 1. The molecule has 14 nitrogen and oxygen atoms in total. The first-order valence-electron chi connectivity index (χ1n) is 20.3. The lowest BCUT2D eigenvalue weighted by molar-refractivity contribution is -0.0788. The number of amides is 2. The number of methoxy groups -OCH3 is 1. The number of hydrogen-bond donors (Lipinski definition) is 3. The van der Waals surface area contributed by atoms with Crippen molar-refractivity contribution >= 4 is 34.5 Å². The van der Waals surface area contributed by atoms with Gasteiger partial charge in [-0.3, -0.25) is 9.36 Å². The summed E-state index contributed by atoms with van der Waals surface area (Å²) in [4.78, 5) is 47.6. The van der Waals surface area contributed by atoms with Gasteiger partial charge in [0, 0.05) is 62.5 Å². The number of carbonyl (C=O) groups excluding carboxylic acids is 1. The first-order chi connectivity index (χ1) is 27.5. The fourth-order valence-corrected chi connectivity index (χ4v) is 10.4. The van der Waals surface area contributed by atoms with Crippen molar-refractivity contribution in [3.05, 3.63) is 69.9 Å². The van der Waals surface area contributed by atoms with Gasteiger partial charge >= 0.3 is 6.03 Å². The van der Waals surface area contributed by atoms with E-state index in [9.17, 15) is 9.59 Å². The van der Waals surface area contributed by atoms with Crippen LogP contribution in [-0.4, -0.2) is 115 Å². The number of likely N-dealkylation sites (N-methyl/N-ethyl adjacent to an activating group) is 1. The molecule has 10 rings (SSSR count). The molecular weight excluding hydrogens is 728 g/mol. The Hall–Kier alpha value is -4.86. The van der Waals surface area contributed by atoms with Crippen molar-refractivity contribution < 1.29 is 18.7 Å². The summed E-state index contributed by atoms with van der Waals surface area (Å²) >= 11 is 0. The summed E-state index contributed by atoms with van der Waals surface area (Å²) < 4.78 is 28.2. The Labute approximate surface area is 332 Å². The molecule has 4 saturated carbocycles. The van der Waals surface area contributed by atoms with Gasteiger partial charge in [0.05, 0.1) is 31.5 Å². The smallest absolute Gasteiger partial charge is 0.317 e. The molecule has 6 fully saturated rings. The first kappa shape index (κ1) is 37.7. The number of aromatic nitrogens is 4. The number of carbonyl (C=O) groups is 1. The SMILES string of the molecule is COc1nc(N2CCN(C(=O)NC34CC5CC(CC(C5)C3)C4)CC2)ccc1Nc1ncc2c(C)cc(=O)n(-c3cc(F)cc(C4(NCCN(C)C)COC4)c3)c2n1. The zero-order valence-corrected chi connectivity index (χ0v) is 33.3. The van der Waals surface area contributed by atoms with Gasteiger partial charge in [-0.05, 0) is 119 Å². The van der Waals surface area contributed by atoms with Gasteiger partial charge in [-0.1, -0.05) is 0 Å². The van der Waals surface area contributed by atoms with E-state index in [1.807, 2.05) is 44.1 Å². The number of piperazine rings is 1. The number of hydrogen-bond acceptors (Lipinski definition) is 11. The number of aryl methyl sites for hydroxylation is 1. The second-order valence-electron chi connectivity index (χ2n) is 17.4. The van der Waals surface area contributed by atoms with Gasteiger partial charge in [-0.25, -0.2) is 14.2 Å². The van der Waals surface area contributed by atoms with Crippen molar-refractivity contribution in [2.45, 2.75) is 56.5 Å². The first-order valence-corrected chi connectivity index (χ1v) is 20.3. The minimum Gasteiger partial charge on any atom is -0.479 e. The second-order valence-corrected chi connectivity index (χ2v) is 17.4. The average molecular weight is 781 g/mol. The number of benzene rings is 1. The zero-order chi connectivity index (χ0) is 39.5. The number of ether oxygens (including phenoxy) is 2. The van der Waals surface area contributed by atoms with Crippen LogP contribution >= 0.6 is 0 Å². The number of anilines is 3. The maximum atomic E-state index is 15.4. The van der Waals surface area contributed by atoms with E-state index in [0.717, 1.165) is 49.4 Å². The van der Waals surface area contributed by atoms with Crippen LogP contribution in [0.4, 0.5) is 26.6 Å². The molecule has 302 valence electrons. The number of pyridine rings is 2. The summed E-state index contributed by atoms with van der Waals surface area (Å²) in [7, 11) is 5.56. The van der Waals surface area contributed by atoms with Crippen LogP contribution < -0.4 is 31.1 Å². The molecule has 2 saturated heterocycles. The molecule has 3 N–H and O–H groups in total. The lowest BCUT2D eigenvalue weighted by Gasteiger charge is -2.57. The molecule has 6 aliphatic rings. The molecule has 1 aromatic carbocycles. The molecule has 5 heterocycles. The van der Waals surface area contributed by atoms with Crippen LogP contribution in [-0.2, 0) is 10.3 Å². The Kier molecular flexibility index (Phi) is 9.80. The second kappa shape index (κ2) is 14.8. The lowest BCUT2D eigenvalue weighted by atomic mass is 9.53. The lowest BCUT2D eigenvalue weighted by Crippen LogP contribution is -2.63. The minimum atomic E-state index is -0.565. The highest BCUT2D eigenvalue weighted by Gasteiger charge is 2.52. The molecule has 0 spiro atoms. The monoisotopic (exact) mass is 780 g/mol. The molecule has 3 aromatic heterocycles. The van der Waals surface area contributed by atoms with Gasteiger partial charge in [0.2, 0.25) is 11.8 Å². The van der Waals surface area contributed by atoms with E-state index in [1.54, 1.807) is 13.3 Å². The number of nitrogens with one attached hydrogen (secondary N) is 3. The van der Waals surface area contributed by atoms with Crippen molar-refractivity contribution in [1.82, 2.24) is 40.0 Å². The number of halogens is 1. The highest BCUT2D eigenvalue weighted by Crippen LogP contribution is 2.55. The summed E-state index contributed by atoms with van der Waals surface area (Å²) in [5, 5.41) is 11.0. The third kappa shape index (κ3) is 7.29. The molecular formula is C42H53FN10O4. The van der Waals surface area contributed by atoms with Crippen LogP contribution in [0.1, 0.15) is 49.7 Å². The molecule has 57 heavy (non-hydrogen) atoms. The minimum absolute atomic E-state index is 0.00713. The molecule has 4 aromatic rings. The Balaban J connectivity index is 0.917. The fourth-order valence-electron chi connectivity index (χ4n) is 10.4. The van der Waals surface area contributed by atoms with Crippen LogP contribution in [0, 0.1) is 30.5 Å². The highest BCUT2D eigenvalue weighted by atomic mass is 19.1. The predicted octanol–water partition coefficient (Wildman–Crippen LogP) is 4.55. The fraction of sp³-hybridized carbons (Fsp3) is 0.548. The summed E-state index contributed by atoms with van der Waals surface area (Å²) in [5.41, 5.74) is 1.73. The maximum Gasteiger partial charge on any atom is 0.317 e. The van der Waals surface area contributed by atoms with E-state index < -0.39 is 11.4 Å². The van der Waals surface area contributed by atoms with Gasteiger partial charge in [-0.15, -0.1) is 0 Å². The summed E-state index contributed by atoms with van der Waals surface area (Å²) in [5.74, 6) is 3.19. The van der Waals surface area contributed by atoms with Crippen molar-refractivity contribution in [3.63, 3.8) is 0 Å². The zero-order valence-electron chi connectivity index (χ0n) is 33.3.